The fraction of sp³-hybridized carbons (Fsp3) is 0.667. The zero-order chi connectivity index (χ0) is 5.15. The minimum absolute atomic E-state index is 0. The fourth-order valence-corrected chi connectivity index (χ4v) is 0. The number of amides is 1. The molecule has 0 aromatic heterocycles. The van der Waals surface area contributed by atoms with Crippen molar-refractivity contribution in [3.63, 3.8) is 0 Å². The van der Waals surface area contributed by atoms with Gasteiger partial charge >= 0.3 is 6.09 Å². The summed E-state index contributed by atoms with van der Waals surface area (Å²) in [6.07, 6.45) is -0.907. The average Bonchev–Trinajstić information content (AvgIpc) is 1.36. The van der Waals surface area contributed by atoms with Crippen molar-refractivity contribution < 1.29 is 29.4 Å². The number of hydrogen-bond acceptors (Lipinski definition) is 1. The van der Waals surface area contributed by atoms with E-state index in [1.54, 1.807) is 0 Å². The van der Waals surface area contributed by atoms with Gasteiger partial charge < -0.3 is 10.0 Å². The maximum Gasteiger partial charge on any atom is 0.406 e. The van der Waals surface area contributed by atoms with E-state index in [1.165, 1.54) is 14.1 Å². The smallest absolute Gasteiger partial charge is 0.406 e. The van der Waals surface area contributed by atoms with Gasteiger partial charge in [-0.2, -0.15) is 0 Å². The maximum atomic E-state index is 9.62. The molecule has 1 amide bonds. The number of rotatable bonds is 0. The van der Waals surface area contributed by atoms with Crippen LogP contribution in [0.25, 0.3) is 0 Å². The normalized spacial score (nSPS) is 6.57. The van der Waals surface area contributed by atoms with E-state index < -0.39 is 6.09 Å². The van der Waals surface area contributed by atoms with E-state index in [9.17, 15) is 4.79 Å². The Hall–Kier alpha value is -0.107. The van der Waals surface area contributed by atoms with E-state index in [0.717, 1.165) is 4.90 Å². The molecule has 0 rings (SSSR count). The molecule has 0 saturated heterocycles. The first-order valence-corrected chi connectivity index (χ1v) is 1.55. The van der Waals surface area contributed by atoms with E-state index in [0.29, 0.717) is 0 Å². The molecule has 0 heterocycles. The number of hydrogen-bond donors (Lipinski definition) is 1. The molecule has 0 aromatic rings. The first kappa shape index (κ1) is 10.00. The minimum atomic E-state index is -0.907. The van der Waals surface area contributed by atoms with E-state index in [2.05, 4.69) is 0 Å². The first-order valence-electron chi connectivity index (χ1n) is 1.55. The molecule has 1 N–H and O–H groups in total. The summed E-state index contributed by atoms with van der Waals surface area (Å²) in [6.45, 7) is 0. The number of carbonyl (C=O) groups is 1. The van der Waals surface area contributed by atoms with Gasteiger partial charge in [0.1, 0.15) is 0 Å². The molecule has 4 heteroatoms. The molecule has 0 aromatic carbocycles. The molecule has 38 valence electrons. The molecule has 0 aliphatic heterocycles. The van der Waals surface area contributed by atoms with E-state index >= 15 is 0 Å². The number of carboxylic acid groups (broad SMARTS) is 1. The molecule has 0 unspecified atom stereocenters. The quantitative estimate of drug-likeness (QED) is 0.507. The average molecular weight is 154 g/mol. The van der Waals surface area contributed by atoms with Gasteiger partial charge in [-0.1, -0.05) is 0 Å². The van der Waals surface area contributed by atoms with Gasteiger partial charge in [-0.05, 0) is 0 Å². The van der Waals surface area contributed by atoms with Gasteiger partial charge in [0.15, 0.2) is 0 Å². The van der Waals surface area contributed by atoms with Gasteiger partial charge in [-0.3, -0.25) is 0 Å². The Kier molecular flexibility index (Phi) is 5.80. The summed E-state index contributed by atoms with van der Waals surface area (Å²) in [5, 5.41) is 7.92. The molecular weight excluding hydrogens is 147 g/mol. The van der Waals surface area contributed by atoms with Gasteiger partial charge in [0.25, 0.3) is 0 Å². The third-order valence-corrected chi connectivity index (χ3v) is 0.383. The van der Waals surface area contributed by atoms with Crippen LogP contribution in [-0.2, 0) is 19.5 Å². The Morgan fingerprint density at radius 1 is 1.57 bits per heavy atom. The van der Waals surface area contributed by atoms with E-state index in [1.807, 2.05) is 0 Å². The van der Waals surface area contributed by atoms with Crippen molar-refractivity contribution in [3.8, 4) is 0 Å². The Morgan fingerprint density at radius 2 is 1.71 bits per heavy atom. The number of nitrogens with zero attached hydrogens (tertiary/aromatic N) is 1. The summed E-state index contributed by atoms with van der Waals surface area (Å²) in [4.78, 5) is 10.7. The predicted molar refractivity (Wildman–Crippen MR) is 21.7 cm³/mol. The molecular formula is C3H7NO2Zn. The molecule has 7 heavy (non-hydrogen) atoms. The van der Waals surface area contributed by atoms with Crippen LogP contribution in [0.15, 0.2) is 0 Å². The topological polar surface area (TPSA) is 40.5 Å². The zero-order valence-corrected chi connectivity index (χ0v) is 7.48. The van der Waals surface area contributed by atoms with Crippen LogP contribution in [0.4, 0.5) is 4.79 Å². The maximum absolute atomic E-state index is 9.62. The second kappa shape index (κ2) is 4.06. The summed E-state index contributed by atoms with van der Waals surface area (Å²) in [6, 6.07) is 0. The van der Waals surface area contributed by atoms with Crippen LogP contribution < -0.4 is 0 Å². The molecule has 0 atom stereocenters. The molecule has 0 saturated carbocycles. The third kappa shape index (κ3) is 5.89. The van der Waals surface area contributed by atoms with Gasteiger partial charge in [0.2, 0.25) is 0 Å². The standard InChI is InChI=1S/C3H7NO2.Zn/c1-4(2)3(5)6;/h1-2H3,(H,5,6);. The predicted octanol–water partition coefficient (Wildman–Crippen LogP) is 0.224. The minimum Gasteiger partial charge on any atom is -0.465 e. The summed E-state index contributed by atoms with van der Waals surface area (Å²) < 4.78 is 0. The second-order valence-corrected chi connectivity index (χ2v) is 1.18. The molecule has 0 fully saturated rings. The van der Waals surface area contributed by atoms with Crippen molar-refractivity contribution in [2.75, 3.05) is 14.1 Å². The van der Waals surface area contributed by atoms with Crippen LogP contribution in [0.5, 0.6) is 0 Å². The second-order valence-electron chi connectivity index (χ2n) is 1.18. The Bertz CT molecular complexity index is 64.0. The monoisotopic (exact) mass is 153 g/mol. The molecule has 0 radical (unpaired) electrons. The zero-order valence-electron chi connectivity index (χ0n) is 4.51. The third-order valence-electron chi connectivity index (χ3n) is 0.383. The SMILES string of the molecule is CN(C)C(=O)O.[Zn]. The van der Waals surface area contributed by atoms with E-state index in [-0.39, 0.29) is 19.5 Å². The van der Waals surface area contributed by atoms with Crippen molar-refractivity contribution in [3.05, 3.63) is 0 Å². The van der Waals surface area contributed by atoms with Crippen LogP contribution in [0, 0.1) is 0 Å². The Morgan fingerprint density at radius 3 is 1.71 bits per heavy atom. The van der Waals surface area contributed by atoms with E-state index in [4.69, 9.17) is 5.11 Å². The molecule has 0 aliphatic carbocycles. The van der Waals surface area contributed by atoms with Gasteiger partial charge in [0.05, 0.1) is 0 Å². The Labute approximate surface area is 55.1 Å². The van der Waals surface area contributed by atoms with Crippen LogP contribution in [0.1, 0.15) is 0 Å². The molecule has 0 aliphatic rings. The fourth-order valence-electron chi connectivity index (χ4n) is 0. The molecule has 0 bridgehead atoms. The van der Waals surface area contributed by atoms with Crippen LogP contribution in [0.2, 0.25) is 0 Å². The van der Waals surface area contributed by atoms with Crippen molar-refractivity contribution in [1.29, 1.82) is 0 Å². The summed E-state index contributed by atoms with van der Waals surface area (Å²) in [5.74, 6) is 0. The first-order chi connectivity index (χ1) is 2.64. The van der Waals surface area contributed by atoms with Crippen molar-refractivity contribution in [2.45, 2.75) is 0 Å². The van der Waals surface area contributed by atoms with Crippen LogP contribution >= 0.6 is 0 Å². The van der Waals surface area contributed by atoms with Crippen LogP contribution in [-0.4, -0.2) is 30.2 Å². The van der Waals surface area contributed by atoms with Crippen molar-refractivity contribution in [1.82, 2.24) is 4.90 Å². The summed E-state index contributed by atoms with van der Waals surface area (Å²) in [7, 11) is 2.95. The summed E-state index contributed by atoms with van der Waals surface area (Å²) in [5.41, 5.74) is 0. The molecule has 3 nitrogen and oxygen atoms in total. The Balaban J connectivity index is 0. The van der Waals surface area contributed by atoms with Gasteiger partial charge in [-0.25, -0.2) is 4.79 Å². The summed E-state index contributed by atoms with van der Waals surface area (Å²) >= 11 is 0. The molecule has 0 spiro atoms. The largest absolute Gasteiger partial charge is 0.465 e. The van der Waals surface area contributed by atoms with Crippen LogP contribution in [0.3, 0.4) is 0 Å². The van der Waals surface area contributed by atoms with Crippen molar-refractivity contribution >= 4 is 6.09 Å². The van der Waals surface area contributed by atoms with Gasteiger partial charge in [0, 0.05) is 33.6 Å². The van der Waals surface area contributed by atoms with Crippen molar-refractivity contribution in [2.24, 2.45) is 0 Å². The van der Waals surface area contributed by atoms with Gasteiger partial charge in [-0.15, -0.1) is 0 Å².